The molecule has 3 rings (SSSR count). The zero-order chi connectivity index (χ0) is 18.4. The minimum absolute atomic E-state index is 0.145. The average molecular weight is 347 g/mol. The third-order valence-electron chi connectivity index (χ3n) is 8.19. The van der Waals surface area contributed by atoms with Crippen LogP contribution in [0.1, 0.15) is 66.2 Å². The first-order chi connectivity index (χ1) is 11.8. The predicted molar refractivity (Wildman–Crippen MR) is 102 cm³/mol. The fraction of sp³-hybridized carbons (Fsp3) is 0.818. The third kappa shape index (κ3) is 3.07. The van der Waals surface area contributed by atoms with Crippen molar-refractivity contribution in [3.05, 3.63) is 19.2 Å². The highest BCUT2D eigenvalue weighted by Gasteiger charge is 2.60. The third-order valence-corrected chi connectivity index (χ3v) is 8.19. The maximum Gasteiger partial charge on any atom is 0.207 e. The molecule has 0 radical (unpaired) electrons. The van der Waals surface area contributed by atoms with E-state index in [1.165, 1.54) is 31.3 Å². The normalized spacial score (nSPS) is 44.1. The van der Waals surface area contributed by atoms with Crippen LogP contribution in [-0.4, -0.2) is 17.5 Å². The lowest BCUT2D eigenvalue weighted by Gasteiger charge is -2.62. The summed E-state index contributed by atoms with van der Waals surface area (Å²) in [6, 6.07) is 0. The summed E-state index contributed by atoms with van der Waals surface area (Å²) in [6.45, 7) is 13.8. The molecule has 3 aliphatic carbocycles. The van der Waals surface area contributed by atoms with Gasteiger partial charge in [0.25, 0.3) is 0 Å². The Hall–Kier alpha value is -0.830. The number of carbonyl (C=O) groups excluding carboxylic acids is 1. The van der Waals surface area contributed by atoms with Crippen LogP contribution in [0.2, 0.25) is 0 Å². The molecule has 3 nitrogen and oxygen atoms in total. The number of rotatable bonds is 5. The lowest BCUT2D eigenvalue weighted by Crippen LogP contribution is -2.97. The van der Waals surface area contributed by atoms with Crippen molar-refractivity contribution < 1.29 is 10.1 Å². The molecule has 3 heteroatoms. The van der Waals surface area contributed by atoms with Crippen molar-refractivity contribution in [2.45, 2.75) is 77.3 Å². The van der Waals surface area contributed by atoms with E-state index >= 15 is 0 Å². The molecule has 0 spiro atoms. The van der Waals surface area contributed by atoms with E-state index in [4.69, 9.17) is 0 Å². The summed E-state index contributed by atoms with van der Waals surface area (Å²) in [5, 5.41) is 5.38. The lowest BCUT2D eigenvalue weighted by molar-refractivity contribution is -0.703. The Bertz CT molecular complexity index is 528. The molecule has 1 amide bonds. The van der Waals surface area contributed by atoms with Gasteiger partial charge in [0.2, 0.25) is 6.41 Å². The quantitative estimate of drug-likeness (QED) is 0.448. The molecule has 142 valence electrons. The molecular formula is C22H38N2O. The number of hydrogen-bond acceptors (Lipinski definition) is 1. The van der Waals surface area contributed by atoms with Crippen LogP contribution >= 0.6 is 0 Å². The Morgan fingerprint density at radius 2 is 2.12 bits per heavy atom. The lowest BCUT2D eigenvalue weighted by atomic mass is 9.44. The number of hydrogen-bond donors (Lipinski definition) is 2. The van der Waals surface area contributed by atoms with Gasteiger partial charge in [-0.2, -0.15) is 7.05 Å². The Labute approximate surface area is 154 Å². The first kappa shape index (κ1) is 18.9. The van der Waals surface area contributed by atoms with E-state index in [2.05, 4.69) is 52.0 Å². The van der Waals surface area contributed by atoms with Crippen LogP contribution in [0.25, 0.3) is 0 Å². The second-order valence-electron chi connectivity index (χ2n) is 9.99. The van der Waals surface area contributed by atoms with Crippen molar-refractivity contribution in [2.24, 2.45) is 35.5 Å². The number of amides is 1. The first-order valence-corrected chi connectivity index (χ1v) is 10.3. The molecule has 0 bridgehead atoms. The maximum atomic E-state index is 11.0. The molecule has 3 aliphatic rings. The van der Waals surface area contributed by atoms with Crippen molar-refractivity contribution in [3.8, 4) is 0 Å². The summed E-state index contributed by atoms with van der Waals surface area (Å²) >= 11 is 0. The molecule has 0 saturated heterocycles. The number of quaternary nitrogens is 1. The monoisotopic (exact) mass is 346 g/mol. The molecule has 3 fully saturated rings. The standard InChI is InChI=1S/C22H38N2O/c1-14-9-10-22(23-6)16(3)7-8-18-15(2)11-17(19(14)20(18)22)12-21(4,5)24-13-25/h13,15-20H,1,6-12,23H2,2-5H3,(H,24,25)/t15-,16-,17-,18+,19-,20-,22-/m1/s1. The van der Waals surface area contributed by atoms with Gasteiger partial charge in [0.1, 0.15) is 0 Å². The van der Waals surface area contributed by atoms with Crippen LogP contribution < -0.4 is 10.6 Å². The molecule has 0 aromatic rings. The fourth-order valence-corrected chi connectivity index (χ4v) is 7.02. The van der Waals surface area contributed by atoms with Crippen LogP contribution in [0.5, 0.6) is 0 Å². The van der Waals surface area contributed by atoms with Gasteiger partial charge in [-0.3, -0.25) is 4.79 Å². The van der Waals surface area contributed by atoms with E-state index < -0.39 is 0 Å². The van der Waals surface area contributed by atoms with Gasteiger partial charge in [-0.05, 0) is 69.6 Å². The van der Waals surface area contributed by atoms with Crippen LogP contribution in [0, 0.1) is 42.6 Å². The summed E-state index contributed by atoms with van der Waals surface area (Å²) in [7, 11) is 4.33. The molecule has 0 aromatic heterocycles. The van der Waals surface area contributed by atoms with Gasteiger partial charge in [0.15, 0.2) is 0 Å². The molecule has 25 heavy (non-hydrogen) atoms. The van der Waals surface area contributed by atoms with Gasteiger partial charge < -0.3 is 10.6 Å². The zero-order valence-electron chi connectivity index (χ0n) is 16.7. The van der Waals surface area contributed by atoms with Crippen molar-refractivity contribution in [1.29, 1.82) is 0 Å². The average Bonchev–Trinajstić information content (AvgIpc) is 2.54. The van der Waals surface area contributed by atoms with Gasteiger partial charge in [0.05, 0.1) is 5.54 Å². The number of carbonyl (C=O) groups is 1. The molecule has 0 aliphatic heterocycles. The SMILES string of the molecule is C=C1CC[C@]2([NH2+][CH2-])[C@@H]3[C@@H](CC[C@H]2C)[C@H](C)C[C@H](CC(C)(C)NC=O)[C@@H]13. The van der Waals surface area contributed by atoms with Crippen molar-refractivity contribution in [1.82, 2.24) is 5.32 Å². The topological polar surface area (TPSA) is 45.7 Å². The van der Waals surface area contributed by atoms with E-state index in [1.54, 1.807) is 0 Å². The Morgan fingerprint density at radius 1 is 1.40 bits per heavy atom. The fourth-order valence-electron chi connectivity index (χ4n) is 7.02. The van der Waals surface area contributed by atoms with Crippen molar-refractivity contribution in [3.63, 3.8) is 0 Å². The molecular weight excluding hydrogens is 308 g/mol. The number of nitrogens with two attached hydrogens (primary N) is 1. The van der Waals surface area contributed by atoms with Crippen LogP contribution in [0.15, 0.2) is 12.2 Å². The predicted octanol–water partition coefficient (Wildman–Crippen LogP) is 3.28. The minimum Gasteiger partial charge on any atom is -0.473 e. The van der Waals surface area contributed by atoms with Crippen LogP contribution in [0.3, 0.4) is 0 Å². The van der Waals surface area contributed by atoms with Gasteiger partial charge in [-0.1, -0.05) is 26.0 Å². The maximum absolute atomic E-state index is 11.0. The highest BCUT2D eigenvalue weighted by Crippen LogP contribution is 2.60. The van der Waals surface area contributed by atoms with E-state index in [-0.39, 0.29) is 5.54 Å². The molecule has 7 atom stereocenters. The summed E-state index contributed by atoms with van der Waals surface area (Å²) < 4.78 is 0. The molecule has 3 saturated carbocycles. The molecule has 0 unspecified atom stereocenters. The van der Waals surface area contributed by atoms with E-state index in [1.807, 2.05) is 0 Å². The second kappa shape index (κ2) is 6.72. The Balaban J connectivity index is 1.96. The highest BCUT2D eigenvalue weighted by molar-refractivity contribution is 5.47. The van der Waals surface area contributed by atoms with Crippen molar-refractivity contribution >= 4 is 6.41 Å². The largest absolute Gasteiger partial charge is 0.473 e. The number of allylic oxidation sites excluding steroid dienone is 1. The zero-order valence-corrected chi connectivity index (χ0v) is 16.7. The summed E-state index contributed by atoms with van der Waals surface area (Å²) in [4.78, 5) is 11.0. The van der Waals surface area contributed by atoms with E-state index in [0.29, 0.717) is 23.3 Å². The summed E-state index contributed by atoms with van der Waals surface area (Å²) in [5.41, 5.74) is 1.62. The van der Waals surface area contributed by atoms with Crippen LogP contribution in [0.4, 0.5) is 0 Å². The van der Waals surface area contributed by atoms with Gasteiger partial charge in [0, 0.05) is 23.8 Å². The molecule has 3 N–H and O–H groups in total. The number of nitrogens with one attached hydrogen (secondary N) is 1. The second-order valence-corrected chi connectivity index (χ2v) is 9.99. The smallest absolute Gasteiger partial charge is 0.207 e. The van der Waals surface area contributed by atoms with Gasteiger partial charge >= 0.3 is 0 Å². The summed E-state index contributed by atoms with van der Waals surface area (Å²) in [5.74, 6) is 4.23. The molecule has 0 heterocycles. The highest BCUT2D eigenvalue weighted by atomic mass is 16.1. The first-order valence-electron chi connectivity index (χ1n) is 10.3. The Kier molecular flexibility index (Phi) is 5.09. The summed E-state index contributed by atoms with van der Waals surface area (Å²) in [6.07, 6.45) is 8.29. The van der Waals surface area contributed by atoms with Gasteiger partial charge in [-0.25, -0.2) is 0 Å². The minimum atomic E-state index is -0.145. The Morgan fingerprint density at radius 3 is 2.76 bits per heavy atom. The van der Waals surface area contributed by atoms with Gasteiger partial charge in [-0.15, -0.1) is 0 Å². The molecule has 0 aromatic carbocycles. The van der Waals surface area contributed by atoms with Crippen molar-refractivity contribution in [2.75, 3.05) is 0 Å². The van der Waals surface area contributed by atoms with E-state index in [9.17, 15) is 4.79 Å². The van der Waals surface area contributed by atoms with Crippen LogP contribution in [-0.2, 0) is 4.79 Å². The van der Waals surface area contributed by atoms with E-state index in [0.717, 1.165) is 37.0 Å².